The van der Waals surface area contributed by atoms with Crippen molar-refractivity contribution in [3.05, 3.63) is 70.5 Å². The Labute approximate surface area is 166 Å². The number of halogens is 1. The van der Waals surface area contributed by atoms with Crippen LogP contribution >= 0.6 is 0 Å². The van der Waals surface area contributed by atoms with E-state index < -0.39 is 10.8 Å². The molecule has 2 aromatic carbocycles. The van der Waals surface area contributed by atoms with Gasteiger partial charge in [-0.1, -0.05) is 18.2 Å². The number of rotatable bonds is 5. The smallest absolute Gasteiger partial charge is 0.224 e. The Morgan fingerprint density at radius 3 is 2.54 bits per heavy atom. The van der Waals surface area contributed by atoms with Crippen LogP contribution in [0.25, 0.3) is 17.2 Å². The summed E-state index contributed by atoms with van der Waals surface area (Å²) in [5, 5.41) is 3.01. The Morgan fingerprint density at radius 2 is 1.89 bits per heavy atom. The zero-order valence-electron chi connectivity index (χ0n) is 15.9. The first-order chi connectivity index (χ1) is 13.4. The molecular weight excluding hydrogens is 373 g/mol. The summed E-state index contributed by atoms with van der Waals surface area (Å²) < 4.78 is 25.5. The van der Waals surface area contributed by atoms with Gasteiger partial charge in [-0.25, -0.2) is 4.39 Å². The first kappa shape index (κ1) is 18.8. The van der Waals surface area contributed by atoms with Crippen LogP contribution < -0.4 is 5.32 Å². The van der Waals surface area contributed by atoms with Crippen molar-refractivity contribution in [2.75, 3.05) is 6.26 Å². The fourth-order valence-electron chi connectivity index (χ4n) is 3.57. The largest absolute Gasteiger partial charge is 0.353 e. The second-order valence-corrected chi connectivity index (χ2v) is 8.77. The van der Waals surface area contributed by atoms with E-state index in [2.05, 4.69) is 5.32 Å². The van der Waals surface area contributed by atoms with Crippen molar-refractivity contribution in [1.29, 1.82) is 0 Å². The lowest BCUT2D eigenvalue weighted by atomic mass is 10.0. The third-order valence-electron chi connectivity index (χ3n) is 5.26. The summed E-state index contributed by atoms with van der Waals surface area (Å²) >= 11 is 0. The normalized spacial score (nSPS) is 18.3. The molecule has 0 unspecified atom stereocenters. The van der Waals surface area contributed by atoms with Crippen molar-refractivity contribution in [2.45, 2.75) is 37.1 Å². The van der Waals surface area contributed by atoms with Gasteiger partial charge in [0.15, 0.2) is 0 Å². The maximum Gasteiger partial charge on any atom is 0.224 e. The van der Waals surface area contributed by atoms with Gasteiger partial charge in [0.05, 0.1) is 6.42 Å². The maximum absolute atomic E-state index is 13.9. The zero-order chi connectivity index (χ0) is 19.8. The first-order valence-electron chi connectivity index (χ1n) is 9.37. The molecule has 1 atom stereocenters. The molecule has 1 amide bonds. The Kier molecular flexibility index (Phi) is 5.02. The highest BCUT2D eigenvalue weighted by atomic mass is 32.2. The molecule has 1 N–H and O–H groups in total. The van der Waals surface area contributed by atoms with Crippen LogP contribution in [0.5, 0.6) is 0 Å². The van der Waals surface area contributed by atoms with Crippen LogP contribution in [-0.4, -0.2) is 22.4 Å². The number of benzene rings is 2. The molecule has 1 saturated carbocycles. The summed E-state index contributed by atoms with van der Waals surface area (Å²) in [5.74, 6) is -0.314. The van der Waals surface area contributed by atoms with E-state index in [1.54, 1.807) is 12.3 Å². The van der Waals surface area contributed by atoms with Crippen LogP contribution in [0.15, 0.2) is 52.9 Å². The van der Waals surface area contributed by atoms with Gasteiger partial charge >= 0.3 is 0 Å². The minimum Gasteiger partial charge on any atom is -0.353 e. The lowest BCUT2D eigenvalue weighted by Crippen LogP contribution is -2.25. The summed E-state index contributed by atoms with van der Waals surface area (Å²) in [6.45, 7) is 1.99. The SMILES string of the molecule is CC1=C(CC(=O)NC2CC2)c2cc(F)ccc2/C1=C/c1ccc([S@](C)=O)cc1. The van der Waals surface area contributed by atoms with Gasteiger partial charge in [-0.05, 0) is 83.5 Å². The van der Waals surface area contributed by atoms with Crippen LogP contribution in [0.4, 0.5) is 4.39 Å². The lowest BCUT2D eigenvalue weighted by Gasteiger charge is -2.07. The van der Waals surface area contributed by atoms with Crippen molar-refractivity contribution in [3.8, 4) is 0 Å². The van der Waals surface area contributed by atoms with Gasteiger partial charge in [-0.15, -0.1) is 0 Å². The Hall–Kier alpha value is -2.53. The van der Waals surface area contributed by atoms with Crippen LogP contribution in [0.1, 0.15) is 42.9 Å². The zero-order valence-corrected chi connectivity index (χ0v) is 16.7. The molecule has 0 aromatic heterocycles. The Balaban J connectivity index is 1.71. The summed E-state index contributed by atoms with van der Waals surface area (Å²) in [5.41, 5.74) is 5.58. The van der Waals surface area contributed by atoms with E-state index in [1.807, 2.05) is 37.3 Å². The van der Waals surface area contributed by atoms with Crippen molar-refractivity contribution >= 4 is 33.9 Å². The Morgan fingerprint density at radius 1 is 1.18 bits per heavy atom. The lowest BCUT2D eigenvalue weighted by molar-refractivity contribution is -0.120. The topological polar surface area (TPSA) is 46.2 Å². The second-order valence-electron chi connectivity index (χ2n) is 7.39. The molecule has 0 radical (unpaired) electrons. The van der Waals surface area contributed by atoms with Crippen molar-refractivity contribution < 1.29 is 13.4 Å². The predicted octanol–water partition coefficient (Wildman–Crippen LogP) is 4.56. The standard InChI is InChI=1S/C23H22FNO2S/c1-14-20(11-15-3-8-18(9-4-15)28(2)27)19-10-5-16(24)12-22(19)21(14)13-23(26)25-17-6-7-17/h3-5,8-12,17H,6-7,13H2,1-2H3,(H,25,26)/b20-11+/t28-/m0/s1. The number of allylic oxidation sites excluding steroid dienone is 2. The molecule has 3 nitrogen and oxygen atoms in total. The van der Waals surface area contributed by atoms with Crippen LogP contribution in [0, 0.1) is 5.82 Å². The molecule has 0 bridgehead atoms. The van der Waals surface area contributed by atoms with Crippen LogP contribution in [0.2, 0.25) is 0 Å². The number of hydrogen-bond donors (Lipinski definition) is 1. The van der Waals surface area contributed by atoms with Crippen LogP contribution in [-0.2, 0) is 15.6 Å². The number of fused-ring (bicyclic) bond motifs is 1. The fraction of sp³-hybridized carbons (Fsp3) is 0.261. The number of carbonyl (C=O) groups excluding carboxylic acids is 1. The summed E-state index contributed by atoms with van der Waals surface area (Å²) in [6, 6.07) is 12.6. The molecule has 2 aliphatic rings. The van der Waals surface area contributed by atoms with E-state index in [0.29, 0.717) is 6.04 Å². The van der Waals surface area contributed by atoms with E-state index in [1.165, 1.54) is 12.1 Å². The van der Waals surface area contributed by atoms with E-state index in [-0.39, 0.29) is 18.1 Å². The third-order valence-corrected chi connectivity index (χ3v) is 6.19. The molecule has 1 fully saturated rings. The van der Waals surface area contributed by atoms with E-state index in [9.17, 15) is 13.4 Å². The minimum absolute atomic E-state index is 0.0110. The highest BCUT2D eigenvalue weighted by Gasteiger charge is 2.28. The van der Waals surface area contributed by atoms with Crippen molar-refractivity contribution in [3.63, 3.8) is 0 Å². The quantitative estimate of drug-likeness (QED) is 0.807. The number of carbonyl (C=O) groups is 1. The van der Waals surface area contributed by atoms with Gasteiger partial charge in [-0.2, -0.15) is 0 Å². The molecule has 2 aliphatic carbocycles. The molecule has 28 heavy (non-hydrogen) atoms. The molecule has 0 aliphatic heterocycles. The molecule has 144 valence electrons. The van der Waals surface area contributed by atoms with E-state index in [4.69, 9.17) is 0 Å². The van der Waals surface area contributed by atoms with Gasteiger partial charge in [-0.3, -0.25) is 9.00 Å². The molecule has 2 aromatic rings. The first-order valence-corrected chi connectivity index (χ1v) is 10.9. The molecular formula is C23H22FNO2S. The second kappa shape index (κ2) is 7.47. The summed E-state index contributed by atoms with van der Waals surface area (Å²) in [6.07, 6.45) is 6.03. The van der Waals surface area contributed by atoms with E-state index >= 15 is 0 Å². The van der Waals surface area contributed by atoms with Crippen molar-refractivity contribution in [2.24, 2.45) is 0 Å². The van der Waals surface area contributed by atoms with Crippen LogP contribution in [0.3, 0.4) is 0 Å². The van der Waals surface area contributed by atoms with E-state index in [0.717, 1.165) is 51.1 Å². The van der Waals surface area contributed by atoms with Gasteiger partial charge in [0, 0.05) is 28.0 Å². The number of nitrogens with one attached hydrogen (secondary N) is 1. The summed E-state index contributed by atoms with van der Waals surface area (Å²) in [7, 11) is -1.02. The molecule has 5 heteroatoms. The minimum atomic E-state index is -1.02. The summed E-state index contributed by atoms with van der Waals surface area (Å²) in [4.78, 5) is 13.1. The van der Waals surface area contributed by atoms with Gasteiger partial charge in [0.25, 0.3) is 0 Å². The average Bonchev–Trinajstić information content (AvgIpc) is 3.44. The van der Waals surface area contributed by atoms with Gasteiger partial charge < -0.3 is 5.32 Å². The number of hydrogen-bond acceptors (Lipinski definition) is 2. The predicted molar refractivity (Wildman–Crippen MR) is 111 cm³/mol. The maximum atomic E-state index is 13.9. The monoisotopic (exact) mass is 395 g/mol. The highest BCUT2D eigenvalue weighted by Crippen LogP contribution is 2.44. The Bertz CT molecular complexity index is 1030. The van der Waals surface area contributed by atoms with Gasteiger partial charge in [0.1, 0.15) is 5.82 Å². The third kappa shape index (κ3) is 3.85. The number of amides is 1. The molecule has 0 spiro atoms. The average molecular weight is 395 g/mol. The molecule has 4 rings (SSSR count). The van der Waals surface area contributed by atoms with Crippen molar-refractivity contribution in [1.82, 2.24) is 5.32 Å². The molecule has 0 saturated heterocycles. The van der Waals surface area contributed by atoms with Gasteiger partial charge in [0.2, 0.25) is 5.91 Å². The molecule has 0 heterocycles. The fourth-order valence-corrected chi connectivity index (χ4v) is 4.09. The highest BCUT2D eigenvalue weighted by molar-refractivity contribution is 7.84.